The molecule has 0 amide bonds. The summed E-state index contributed by atoms with van der Waals surface area (Å²) in [6.07, 6.45) is 76.2. The van der Waals surface area contributed by atoms with E-state index in [4.69, 9.17) is 37.0 Å². The third-order valence-corrected chi connectivity index (χ3v) is 17.3. The maximum absolute atomic E-state index is 13.1. The average molecular weight is 1420 g/mol. The number of hydrogen-bond acceptors (Lipinski definition) is 15. The number of carbonyl (C=O) groups excluding carboxylic acids is 4. The zero-order valence-electron chi connectivity index (χ0n) is 61.2. The van der Waals surface area contributed by atoms with Gasteiger partial charge in [0, 0.05) is 25.7 Å². The highest BCUT2D eigenvalue weighted by Gasteiger charge is 2.30. The fourth-order valence-electron chi connectivity index (χ4n) is 9.67. The second kappa shape index (κ2) is 70.9. The summed E-state index contributed by atoms with van der Waals surface area (Å²) in [6.45, 7) is 4.49. The van der Waals surface area contributed by atoms with Gasteiger partial charge in [0.05, 0.1) is 26.4 Å². The van der Waals surface area contributed by atoms with Crippen LogP contribution in [0.25, 0.3) is 0 Å². The van der Waals surface area contributed by atoms with Crippen LogP contribution in [0.2, 0.25) is 0 Å². The van der Waals surface area contributed by atoms with Crippen molar-refractivity contribution in [2.24, 2.45) is 0 Å². The van der Waals surface area contributed by atoms with Gasteiger partial charge in [-0.25, -0.2) is 9.13 Å². The normalized spacial score (nSPS) is 14.6. The lowest BCUT2D eigenvalue weighted by Gasteiger charge is -2.21. The first-order valence-electron chi connectivity index (χ1n) is 37.8. The summed E-state index contributed by atoms with van der Waals surface area (Å²) in [7, 11) is -9.97. The third kappa shape index (κ3) is 69.9. The maximum atomic E-state index is 13.1. The molecular weight excluding hydrogens is 1280 g/mol. The third-order valence-electron chi connectivity index (χ3n) is 15.4. The van der Waals surface area contributed by atoms with Gasteiger partial charge in [0.25, 0.3) is 0 Å². The quantitative estimate of drug-likeness (QED) is 0.0169. The number of unbranched alkanes of at least 4 members (excludes halogenated alkanes) is 24. The zero-order valence-corrected chi connectivity index (χ0v) is 63.0. The minimum Gasteiger partial charge on any atom is -0.462 e. The van der Waals surface area contributed by atoms with Gasteiger partial charge in [-0.2, -0.15) is 0 Å². The molecule has 0 saturated carbocycles. The fraction of sp³-hybridized carbons (Fsp3) is 0.696. The number of allylic oxidation sites excluding steroid dienone is 20. The fourth-order valence-corrected chi connectivity index (χ4v) is 11.2. The molecule has 0 radical (unpaired) electrons. The summed E-state index contributed by atoms with van der Waals surface area (Å²) >= 11 is 0. The summed E-state index contributed by atoms with van der Waals surface area (Å²) in [5, 5.41) is 10.6. The molecular formula is C79H134O17P2. The van der Waals surface area contributed by atoms with Crippen LogP contribution >= 0.6 is 15.6 Å². The molecule has 0 aliphatic carbocycles. The lowest BCUT2D eigenvalue weighted by molar-refractivity contribution is -0.161. The molecule has 0 aliphatic heterocycles. The molecule has 0 heterocycles. The number of ether oxygens (including phenoxy) is 4. The van der Waals surface area contributed by atoms with E-state index in [1.165, 1.54) is 25.7 Å². The van der Waals surface area contributed by atoms with Gasteiger partial charge >= 0.3 is 39.5 Å². The molecule has 98 heavy (non-hydrogen) atoms. The van der Waals surface area contributed by atoms with Crippen LogP contribution in [0.15, 0.2) is 122 Å². The number of carbonyl (C=O) groups is 4. The number of aliphatic hydroxyl groups is 1. The van der Waals surface area contributed by atoms with E-state index < -0.39 is 97.5 Å². The first kappa shape index (κ1) is 93.5. The van der Waals surface area contributed by atoms with Crippen molar-refractivity contribution in [2.45, 2.75) is 316 Å². The van der Waals surface area contributed by atoms with Crippen molar-refractivity contribution >= 4 is 39.5 Å². The average Bonchev–Trinajstić information content (AvgIpc) is 1.05. The Morgan fingerprint density at radius 2 is 0.551 bits per heavy atom. The molecule has 0 saturated heterocycles. The maximum Gasteiger partial charge on any atom is 0.472 e. The Hall–Kier alpha value is -4.54. The second-order valence-electron chi connectivity index (χ2n) is 24.8. The summed E-state index contributed by atoms with van der Waals surface area (Å²) in [6, 6.07) is 0. The first-order valence-corrected chi connectivity index (χ1v) is 40.8. The van der Waals surface area contributed by atoms with Gasteiger partial charge in [-0.1, -0.05) is 246 Å². The first-order chi connectivity index (χ1) is 47.7. The van der Waals surface area contributed by atoms with Crippen LogP contribution in [0.4, 0.5) is 0 Å². The largest absolute Gasteiger partial charge is 0.472 e. The monoisotopic (exact) mass is 1420 g/mol. The van der Waals surface area contributed by atoms with Crippen molar-refractivity contribution < 1.29 is 80.2 Å². The van der Waals surface area contributed by atoms with E-state index in [9.17, 15) is 43.2 Å². The van der Waals surface area contributed by atoms with E-state index in [2.05, 4.69) is 149 Å². The zero-order chi connectivity index (χ0) is 71.8. The van der Waals surface area contributed by atoms with Crippen molar-refractivity contribution in [3.63, 3.8) is 0 Å². The Balaban J connectivity index is 5.39. The van der Waals surface area contributed by atoms with Crippen LogP contribution in [-0.2, 0) is 65.4 Å². The molecule has 0 spiro atoms. The molecule has 0 aliphatic rings. The molecule has 0 fully saturated rings. The lowest BCUT2D eigenvalue weighted by Crippen LogP contribution is -2.30. The standard InChI is InChI=1S/C79H134O17P2/c1-5-9-13-17-21-25-29-33-35-36-38-41-44-48-52-56-60-64-77(82)90-70-75(96-79(84)66-62-58-54-50-46-42-37-34-30-26-22-18-14-10-6-2)72-94-98(87,88)92-68-73(80)67-91-97(85,86)93-71-74(95-78(83)65-61-57-53-49-45-40-32-28-24-20-16-12-8-4)69-89-76(81)63-59-55-51-47-43-39-31-27-23-19-15-11-7-3/h9-10,13-15,19,21-22,25-28,31-35,37-38,41,73-75,80H,5-8,11-12,16-18,20,23-24,29-30,36,39-40,42-72H2,1-4H3,(H,85,86)(H,87,88)/b13-9-,14-10-,19-15-,25-21-,26-22-,31-27-,32-28-,35-33-,37-34-,41-38-. The number of phosphoric ester groups is 2. The molecule has 0 rings (SSSR count). The van der Waals surface area contributed by atoms with Gasteiger partial charge in [0.2, 0.25) is 0 Å². The van der Waals surface area contributed by atoms with Crippen LogP contribution in [0.5, 0.6) is 0 Å². The van der Waals surface area contributed by atoms with Crippen LogP contribution in [-0.4, -0.2) is 96.7 Å². The Bertz CT molecular complexity index is 2340. The molecule has 5 atom stereocenters. The van der Waals surface area contributed by atoms with Gasteiger partial charge in [-0.05, 0) is 148 Å². The molecule has 0 aromatic rings. The van der Waals surface area contributed by atoms with E-state index >= 15 is 0 Å². The number of esters is 4. The minimum absolute atomic E-state index is 0.0669. The summed E-state index contributed by atoms with van der Waals surface area (Å²) in [4.78, 5) is 72.8. The van der Waals surface area contributed by atoms with Gasteiger partial charge in [-0.15, -0.1) is 0 Å². The Morgan fingerprint density at radius 1 is 0.296 bits per heavy atom. The molecule has 17 nitrogen and oxygen atoms in total. The Kier molecular flexibility index (Phi) is 67.6. The molecule has 19 heteroatoms. The number of aliphatic hydroxyl groups excluding tert-OH is 1. The van der Waals surface area contributed by atoms with Crippen molar-refractivity contribution in [2.75, 3.05) is 39.6 Å². The van der Waals surface area contributed by atoms with Gasteiger partial charge in [0.15, 0.2) is 12.2 Å². The predicted octanol–water partition coefficient (Wildman–Crippen LogP) is 21.6. The molecule has 562 valence electrons. The van der Waals surface area contributed by atoms with E-state index in [-0.39, 0.29) is 25.7 Å². The molecule has 0 aromatic carbocycles. The van der Waals surface area contributed by atoms with E-state index in [1.54, 1.807) is 0 Å². The van der Waals surface area contributed by atoms with Gasteiger partial charge in [-0.3, -0.25) is 37.3 Å². The molecule has 0 bridgehead atoms. The topological polar surface area (TPSA) is 237 Å². The van der Waals surface area contributed by atoms with E-state index in [0.29, 0.717) is 25.7 Å². The number of hydrogen-bond donors (Lipinski definition) is 3. The molecule has 0 aromatic heterocycles. The van der Waals surface area contributed by atoms with Crippen LogP contribution in [0.1, 0.15) is 297 Å². The Labute approximate surface area is 593 Å². The summed E-state index contributed by atoms with van der Waals surface area (Å²) in [5.41, 5.74) is 0. The van der Waals surface area contributed by atoms with Crippen molar-refractivity contribution in [3.8, 4) is 0 Å². The number of rotatable bonds is 70. The highest BCUT2D eigenvalue weighted by Crippen LogP contribution is 2.45. The second-order valence-corrected chi connectivity index (χ2v) is 27.7. The minimum atomic E-state index is -4.99. The highest BCUT2D eigenvalue weighted by molar-refractivity contribution is 7.47. The summed E-state index contributed by atoms with van der Waals surface area (Å²) in [5.74, 6) is -2.24. The predicted molar refractivity (Wildman–Crippen MR) is 399 cm³/mol. The summed E-state index contributed by atoms with van der Waals surface area (Å²) < 4.78 is 68.4. The highest BCUT2D eigenvalue weighted by atomic mass is 31.2. The van der Waals surface area contributed by atoms with E-state index in [1.807, 2.05) is 0 Å². The smallest absolute Gasteiger partial charge is 0.462 e. The van der Waals surface area contributed by atoms with Crippen molar-refractivity contribution in [1.29, 1.82) is 0 Å². The lowest BCUT2D eigenvalue weighted by atomic mass is 10.1. The number of phosphoric acid groups is 2. The van der Waals surface area contributed by atoms with Gasteiger partial charge < -0.3 is 33.8 Å². The van der Waals surface area contributed by atoms with Crippen LogP contribution in [0.3, 0.4) is 0 Å². The SMILES string of the molecule is CC/C=C\C/C=C\C/C=C\C/C=C\CCCCCCC(=O)OCC(COP(=O)(O)OCC(O)COP(=O)(O)OCC(COC(=O)CCCCCCC/C=C\C/C=C\CCC)OC(=O)CCCCCCC/C=C\CCCCCC)OC(=O)CCCCCCC/C=C\C/C=C\C/C=C\CC. The van der Waals surface area contributed by atoms with Gasteiger partial charge in [0.1, 0.15) is 19.3 Å². The van der Waals surface area contributed by atoms with Crippen LogP contribution in [0, 0.1) is 0 Å². The van der Waals surface area contributed by atoms with Crippen LogP contribution < -0.4 is 0 Å². The van der Waals surface area contributed by atoms with Crippen molar-refractivity contribution in [1.82, 2.24) is 0 Å². The van der Waals surface area contributed by atoms with E-state index in [0.717, 1.165) is 193 Å². The Morgan fingerprint density at radius 3 is 0.867 bits per heavy atom. The van der Waals surface area contributed by atoms with Crippen molar-refractivity contribution in [3.05, 3.63) is 122 Å². The molecule has 5 unspecified atom stereocenters. The molecule has 3 N–H and O–H groups in total.